The van der Waals surface area contributed by atoms with Crippen molar-refractivity contribution >= 4 is 11.8 Å². The molecule has 112 valence electrons. The van der Waals surface area contributed by atoms with Crippen LogP contribution in [-0.2, 0) is 9.53 Å². The van der Waals surface area contributed by atoms with Crippen molar-refractivity contribution in [3.63, 3.8) is 0 Å². The van der Waals surface area contributed by atoms with Gasteiger partial charge in [-0.05, 0) is 44.7 Å². The summed E-state index contributed by atoms with van der Waals surface area (Å²) >= 11 is 0. The average Bonchev–Trinajstić information content (AvgIpc) is 2.54. The highest BCUT2D eigenvalue weighted by molar-refractivity contribution is 5.76. The molecule has 1 aromatic heterocycles. The normalized spacial score (nSPS) is 19.0. The molecule has 0 radical (unpaired) electrons. The number of rotatable bonds is 3. The van der Waals surface area contributed by atoms with Crippen LogP contribution in [0.5, 0.6) is 0 Å². The van der Waals surface area contributed by atoms with Crippen LogP contribution < -0.4 is 4.90 Å². The van der Waals surface area contributed by atoms with E-state index in [1.165, 1.54) is 7.11 Å². The first kappa shape index (κ1) is 15.2. The summed E-state index contributed by atoms with van der Waals surface area (Å²) in [5.74, 6) is 0.774. The van der Waals surface area contributed by atoms with E-state index in [-0.39, 0.29) is 11.9 Å². The van der Waals surface area contributed by atoms with Crippen molar-refractivity contribution in [1.29, 1.82) is 5.26 Å². The second-order valence-electron chi connectivity index (χ2n) is 5.89. The number of anilines is 1. The Hall–Kier alpha value is -2.16. The van der Waals surface area contributed by atoms with Crippen LogP contribution in [0.1, 0.15) is 32.4 Å². The number of nitriles is 1. The molecule has 0 N–H and O–H groups in total. The Morgan fingerprint density at radius 2 is 2.24 bits per heavy atom. The summed E-state index contributed by atoms with van der Waals surface area (Å²) in [7, 11) is 1.43. The molecular formula is C15H20N4O2. The summed E-state index contributed by atoms with van der Waals surface area (Å²) in [6.07, 6.45) is 1.98. The number of hydrogen-bond donors (Lipinski definition) is 0. The SMILES string of the molecule is COC(=O)C(C)(C)C1CCCN(c2ccc(C#N)nn2)C1. The van der Waals surface area contributed by atoms with Gasteiger partial charge in [0.25, 0.3) is 0 Å². The number of hydrogen-bond acceptors (Lipinski definition) is 6. The summed E-state index contributed by atoms with van der Waals surface area (Å²) in [6.45, 7) is 5.48. The Kier molecular flexibility index (Phi) is 4.41. The van der Waals surface area contributed by atoms with Crippen LogP contribution in [0.3, 0.4) is 0 Å². The lowest BCUT2D eigenvalue weighted by molar-refractivity contribution is -0.154. The fourth-order valence-corrected chi connectivity index (χ4v) is 2.76. The standard InChI is InChI=1S/C15H20N4O2/c1-15(2,14(20)21-3)11-5-4-8-19(10-11)13-7-6-12(9-16)17-18-13/h6-7,11H,4-5,8,10H2,1-3H3. The molecule has 21 heavy (non-hydrogen) atoms. The van der Waals surface area contributed by atoms with E-state index in [1.807, 2.05) is 19.9 Å². The summed E-state index contributed by atoms with van der Waals surface area (Å²) < 4.78 is 4.92. The van der Waals surface area contributed by atoms with Crippen molar-refractivity contribution in [2.75, 3.05) is 25.1 Å². The van der Waals surface area contributed by atoms with E-state index in [2.05, 4.69) is 15.1 Å². The highest BCUT2D eigenvalue weighted by Gasteiger charge is 2.40. The second kappa shape index (κ2) is 6.08. The Balaban J connectivity index is 2.13. The minimum absolute atomic E-state index is 0.180. The van der Waals surface area contributed by atoms with Crippen molar-refractivity contribution in [3.05, 3.63) is 17.8 Å². The number of methoxy groups -OCH3 is 1. The van der Waals surface area contributed by atoms with Crippen molar-refractivity contribution in [2.45, 2.75) is 26.7 Å². The molecule has 0 saturated carbocycles. The van der Waals surface area contributed by atoms with Gasteiger partial charge < -0.3 is 9.64 Å². The van der Waals surface area contributed by atoms with E-state index in [1.54, 1.807) is 12.1 Å². The Labute approximate surface area is 124 Å². The zero-order valence-corrected chi connectivity index (χ0v) is 12.7. The van der Waals surface area contributed by atoms with Gasteiger partial charge in [0.1, 0.15) is 6.07 Å². The van der Waals surface area contributed by atoms with Crippen LogP contribution in [-0.4, -0.2) is 36.4 Å². The van der Waals surface area contributed by atoms with Crippen LogP contribution in [0, 0.1) is 22.7 Å². The summed E-state index contributed by atoms with van der Waals surface area (Å²) in [5.41, 5.74) is -0.213. The van der Waals surface area contributed by atoms with E-state index >= 15 is 0 Å². The van der Waals surface area contributed by atoms with Crippen molar-refractivity contribution < 1.29 is 9.53 Å². The van der Waals surface area contributed by atoms with Crippen LogP contribution in [0.15, 0.2) is 12.1 Å². The van der Waals surface area contributed by atoms with Crippen molar-refractivity contribution in [3.8, 4) is 6.07 Å². The molecule has 0 aromatic carbocycles. The minimum Gasteiger partial charge on any atom is -0.469 e. The van der Waals surface area contributed by atoms with Gasteiger partial charge in [0.15, 0.2) is 11.5 Å². The lowest BCUT2D eigenvalue weighted by Crippen LogP contribution is -2.45. The van der Waals surface area contributed by atoms with Gasteiger partial charge in [0.05, 0.1) is 12.5 Å². The number of carbonyl (C=O) groups is 1. The van der Waals surface area contributed by atoms with Gasteiger partial charge in [0.2, 0.25) is 0 Å². The summed E-state index contributed by atoms with van der Waals surface area (Å²) in [6, 6.07) is 5.43. The number of ether oxygens (including phenoxy) is 1. The Morgan fingerprint density at radius 3 is 2.81 bits per heavy atom. The molecule has 6 nitrogen and oxygen atoms in total. The zero-order chi connectivity index (χ0) is 15.5. The maximum atomic E-state index is 12.0. The van der Waals surface area contributed by atoms with Gasteiger partial charge >= 0.3 is 5.97 Å². The van der Waals surface area contributed by atoms with E-state index in [4.69, 9.17) is 10.00 Å². The predicted molar refractivity (Wildman–Crippen MR) is 77.5 cm³/mol. The number of piperidine rings is 1. The van der Waals surface area contributed by atoms with Crippen LogP contribution in [0.25, 0.3) is 0 Å². The van der Waals surface area contributed by atoms with Crippen molar-refractivity contribution in [2.24, 2.45) is 11.3 Å². The number of aromatic nitrogens is 2. The second-order valence-corrected chi connectivity index (χ2v) is 5.89. The van der Waals surface area contributed by atoms with Crippen LogP contribution in [0.2, 0.25) is 0 Å². The third-order valence-corrected chi connectivity index (χ3v) is 4.24. The summed E-state index contributed by atoms with van der Waals surface area (Å²) in [4.78, 5) is 14.1. The highest BCUT2D eigenvalue weighted by Crippen LogP contribution is 2.35. The zero-order valence-electron chi connectivity index (χ0n) is 12.7. The van der Waals surface area contributed by atoms with Gasteiger partial charge in [-0.2, -0.15) is 5.26 Å². The van der Waals surface area contributed by atoms with Gasteiger partial charge in [-0.3, -0.25) is 4.79 Å². The van der Waals surface area contributed by atoms with Gasteiger partial charge in [-0.1, -0.05) is 0 Å². The Bertz CT molecular complexity index is 548. The predicted octanol–water partition coefficient (Wildman–Crippen LogP) is 1.76. The molecule has 1 fully saturated rings. The molecule has 1 aromatic rings. The number of carbonyl (C=O) groups excluding carboxylic acids is 1. The topological polar surface area (TPSA) is 79.1 Å². The first-order valence-electron chi connectivity index (χ1n) is 7.06. The highest BCUT2D eigenvalue weighted by atomic mass is 16.5. The molecule has 0 aliphatic carbocycles. The lowest BCUT2D eigenvalue weighted by atomic mass is 9.74. The fraction of sp³-hybridized carbons (Fsp3) is 0.600. The number of nitrogens with zero attached hydrogens (tertiary/aromatic N) is 4. The third kappa shape index (κ3) is 3.13. The molecule has 1 aliphatic rings. The quantitative estimate of drug-likeness (QED) is 0.789. The maximum absolute atomic E-state index is 12.0. The average molecular weight is 288 g/mol. The van der Waals surface area contributed by atoms with Gasteiger partial charge in [0, 0.05) is 13.1 Å². The van der Waals surface area contributed by atoms with Crippen LogP contribution >= 0.6 is 0 Å². The fourth-order valence-electron chi connectivity index (χ4n) is 2.76. The molecule has 0 amide bonds. The van der Waals surface area contributed by atoms with E-state index in [0.717, 1.165) is 31.7 Å². The van der Waals surface area contributed by atoms with E-state index in [0.29, 0.717) is 5.69 Å². The molecule has 0 spiro atoms. The van der Waals surface area contributed by atoms with Gasteiger partial charge in [-0.25, -0.2) is 0 Å². The molecule has 1 atom stereocenters. The lowest BCUT2D eigenvalue weighted by Gasteiger charge is -2.40. The summed E-state index contributed by atoms with van der Waals surface area (Å²) in [5, 5.41) is 16.7. The first-order chi connectivity index (χ1) is 9.98. The monoisotopic (exact) mass is 288 g/mol. The number of esters is 1. The molecular weight excluding hydrogens is 268 g/mol. The van der Waals surface area contributed by atoms with Crippen LogP contribution in [0.4, 0.5) is 5.82 Å². The molecule has 1 unspecified atom stereocenters. The Morgan fingerprint density at radius 1 is 1.48 bits per heavy atom. The molecule has 2 heterocycles. The molecule has 0 bridgehead atoms. The third-order valence-electron chi connectivity index (χ3n) is 4.24. The van der Waals surface area contributed by atoms with Crippen molar-refractivity contribution in [1.82, 2.24) is 10.2 Å². The van der Waals surface area contributed by atoms with Gasteiger partial charge in [-0.15, -0.1) is 10.2 Å². The molecule has 1 aliphatic heterocycles. The van der Waals surface area contributed by atoms with E-state index < -0.39 is 5.41 Å². The largest absolute Gasteiger partial charge is 0.469 e. The first-order valence-corrected chi connectivity index (χ1v) is 7.06. The molecule has 1 saturated heterocycles. The van der Waals surface area contributed by atoms with E-state index in [9.17, 15) is 4.79 Å². The maximum Gasteiger partial charge on any atom is 0.311 e. The molecule has 6 heteroatoms. The minimum atomic E-state index is -0.520. The molecule has 2 rings (SSSR count). The smallest absolute Gasteiger partial charge is 0.311 e.